The zero-order valence-electron chi connectivity index (χ0n) is 10.0. The SMILES string of the molecule is NCCN.NCCN.NCCN.O=S(=O)([O-])[O-].[Cu+2]. The molecule has 0 heterocycles. The van der Waals surface area contributed by atoms with Gasteiger partial charge < -0.3 is 43.5 Å². The quantitative estimate of drug-likeness (QED) is 0.163. The Kier molecular flexibility index (Phi) is 52.0. The van der Waals surface area contributed by atoms with Crippen molar-refractivity contribution in [1.29, 1.82) is 0 Å². The maximum atomic E-state index is 8.52. The second kappa shape index (κ2) is 30.3. The molecular formula is C6H24CuN6O4S. The fraction of sp³-hybridized carbons (Fsp3) is 1.00. The normalized spacial score (nSPS) is 8.22. The van der Waals surface area contributed by atoms with Crippen LogP contribution >= 0.6 is 0 Å². The van der Waals surface area contributed by atoms with Crippen molar-refractivity contribution >= 4 is 10.4 Å². The van der Waals surface area contributed by atoms with Crippen molar-refractivity contribution in [3.8, 4) is 0 Å². The van der Waals surface area contributed by atoms with Crippen LogP contribution in [0.2, 0.25) is 0 Å². The van der Waals surface area contributed by atoms with Crippen LogP contribution in [0.3, 0.4) is 0 Å². The van der Waals surface area contributed by atoms with E-state index in [0.29, 0.717) is 39.3 Å². The first-order valence-electron chi connectivity index (χ1n) is 4.62. The van der Waals surface area contributed by atoms with Crippen LogP contribution in [-0.2, 0) is 27.5 Å². The third-order valence-corrected chi connectivity index (χ3v) is 0.500. The number of rotatable bonds is 3. The van der Waals surface area contributed by atoms with Crippen molar-refractivity contribution < 1.29 is 34.6 Å². The summed E-state index contributed by atoms with van der Waals surface area (Å²) < 4.78 is 34.1. The largest absolute Gasteiger partial charge is 2.00 e. The topological polar surface area (TPSA) is 236 Å². The van der Waals surface area contributed by atoms with Crippen molar-refractivity contribution in [2.45, 2.75) is 0 Å². The summed E-state index contributed by atoms with van der Waals surface area (Å²) in [6.45, 7) is 3.58. The van der Waals surface area contributed by atoms with E-state index in [1.165, 1.54) is 0 Å². The summed E-state index contributed by atoms with van der Waals surface area (Å²) in [5.41, 5.74) is 29.4. The molecule has 10 nitrogen and oxygen atoms in total. The molecule has 1 radical (unpaired) electrons. The smallest absolute Gasteiger partial charge is 0.759 e. The fourth-order valence-electron chi connectivity index (χ4n) is 0. The monoisotopic (exact) mass is 339 g/mol. The Morgan fingerprint density at radius 2 is 0.667 bits per heavy atom. The fourth-order valence-corrected chi connectivity index (χ4v) is 0. The second-order valence-corrected chi connectivity index (χ2v) is 2.96. The van der Waals surface area contributed by atoms with Crippen LogP contribution in [0.25, 0.3) is 0 Å². The molecule has 0 aromatic heterocycles. The average molecular weight is 340 g/mol. The second-order valence-electron chi connectivity index (χ2n) is 2.14. The standard InChI is InChI=1S/3C2H8N2.Cu.H2O4S/c3*3-1-2-4;;1-5(2,3)4/h3*1-4H2;;(H2,1,2,3,4)/q;;;+2;/p-2. The van der Waals surface area contributed by atoms with Crippen LogP contribution < -0.4 is 34.4 Å². The van der Waals surface area contributed by atoms with E-state index in [2.05, 4.69) is 0 Å². The molecule has 18 heavy (non-hydrogen) atoms. The van der Waals surface area contributed by atoms with Gasteiger partial charge in [0.15, 0.2) is 0 Å². The summed E-state index contributed by atoms with van der Waals surface area (Å²) in [6, 6.07) is 0. The molecule has 0 spiro atoms. The Labute approximate surface area is 119 Å². The van der Waals surface area contributed by atoms with Gasteiger partial charge in [0.1, 0.15) is 0 Å². The molecule has 0 atom stereocenters. The van der Waals surface area contributed by atoms with Gasteiger partial charge in [-0.3, -0.25) is 8.42 Å². The molecule has 0 saturated heterocycles. The van der Waals surface area contributed by atoms with Gasteiger partial charge in [-0.05, 0) is 0 Å². The average Bonchev–Trinajstić information content (AvgIpc) is 2.27. The summed E-state index contributed by atoms with van der Waals surface area (Å²) in [6.07, 6.45) is 0. The maximum Gasteiger partial charge on any atom is 2.00 e. The summed E-state index contributed by atoms with van der Waals surface area (Å²) in [4.78, 5) is 0. The Morgan fingerprint density at radius 3 is 0.667 bits per heavy atom. The van der Waals surface area contributed by atoms with E-state index in [1.807, 2.05) is 0 Å². The first-order valence-corrected chi connectivity index (χ1v) is 5.95. The third kappa shape index (κ3) is 374. The Balaban J connectivity index is -0.0000000412. The maximum absolute atomic E-state index is 8.52. The summed E-state index contributed by atoms with van der Waals surface area (Å²) in [7, 11) is -5.17. The first kappa shape index (κ1) is 30.9. The molecule has 0 unspecified atom stereocenters. The van der Waals surface area contributed by atoms with Gasteiger partial charge in [-0.1, -0.05) is 0 Å². The van der Waals surface area contributed by atoms with Crippen LogP contribution in [0.1, 0.15) is 0 Å². The molecule has 0 rings (SSSR count). The van der Waals surface area contributed by atoms with E-state index < -0.39 is 10.4 Å². The molecule has 0 amide bonds. The van der Waals surface area contributed by atoms with Crippen molar-refractivity contribution in [2.24, 2.45) is 34.4 Å². The van der Waals surface area contributed by atoms with Crippen LogP contribution in [0.5, 0.6) is 0 Å². The summed E-state index contributed by atoms with van der Waals surface area (Å²) in [5.74, 6) is 0. The van der Waals surface area contributed by atoms with Crippen molar-refractivity contribution in [3.05, 3.63) is 0 Å². The molecule has 12 N–H and O–H groups in total. The van der Waals surface area contributed by atoms with Gasteiger partial charge in [0.05, 0.1) is 0 Å². The van der Waals surface area contributed by atoms with E-state index >= 15 is 0 Å². The molecular weight excluding hydrogens is 316 g/mol. The van der Waals surface area contributed by atoms with Gasteiger partial charge in [0.25, 0.3) is 0 Å². The molecule has 0 aliphatic carbocycles. The van der Waals surface area contributed by atoms with Gasteiger partial charge in [0, 0.05) is 49.7 Å². The molecule has 0 bridgehead atoms. The number of hydrogen-bond acceptors (Lipinski definition) is 10. The molecule has 0 saturated carbocycles. The minimum atomic E-state index is -5.17. The Bertz CT molecular complexity index is 171. The minimum Gasteiger partial charge on any atom is -0.759 e. The predicted molar refractivity (Wildman–Crippen MR) is 64.8 cm³/mol. The Hall–Kier alpha value is 0.149. The van der Waals surface area contributed by atoms with Gasteiger partial charge in [-0.25, -0.2) is 0 Å². The summed E-state index contributed by atoms with van der Waals surface area (Å²) in [5, 5.41) is 0. The molecule has 0 aliphatic rings. The van der Waals surface area contributed by atoms with E-state index in [9.17, 15) is 0 Å². The summed E-state index contributed by atoms with van der Waals surface area (Å²) >= 11 is 0. The van der Waals surface area contributed by atoms with Gasteiger partial charge in [-0.15, -0.1) is 0 Å². The molecule has 0 aliphatic heterocycles. The minimum absolute atomic E-state index is 0. The van der Waals surface area contributed by atoms with Crippen molar-refractivity contribution in [3.63, 3.8) is 0 Å². The Morgan fingerprint density at radius 1 is 0.611 bits per heavy atom. The molecule has 12 heteroatoms. The van der Waals surface area contributed by atoms with Crippen LogP contribution in [-0.4, -0.2) is 56.8 Å². The predicted octanol–water partition coefficient (Wildman–Crippen LogP) is -4.63. The van der Waals surface area contributed by atoms with Crippen LogP contribution in [0.15, 0.2) is 0 Å². The van der Waals surface area contributed by atoms with Gasteiger partial charge >= 0.3 is 17.1 Å². The van der Waals surface area contributed by atoms with Crippen molar-refractivity contribution in [2.75, 3.05) is 39.3 Å². The molecule has 0 aromatic rings. The number of hydrogen-bond donors (Lipinski definition) is 6. The van der Waals surface area contributed by atoms with Gasteiger partial charge in [-0.2, -0.15) is 0 Å². The van der Waals surface area contributed by atoms with E-state index in [4.69, 9.17) is 51.9 Å². The van der Waals surface area contributed by atoms with E-state index in [-0.39, 0.29) is 17.1 Å². The molecule has 0 fully saturated rings. The van der Waals surface area contributed by atoms with Crippen molar-refractivity contribution in [1.82, 2.24) is 0 Å². The van der Waals surface area contributed by atoms with Gasteiger partial charge in [0.2, 0.25) is 0 Å². The van der Waals surface area contributed by atoms with E-state index in [1.54, 1.807) is 0 Å². The van der Waals surface area contributed by atoms with E-state index in [0.717, 1.165) is 0 Å². The van der Waals surface area contributed by atoms with Crippen LogP contribution in [0, 0.1) is 0 Å². The first-order chi connectivity index (χ1) is 7.74. The molecule has 119 valence electrons. The molecule has 0 aromatic carbocycles. The zero-order chi connectivity index (χ0) is 14.7. The van der Waals surface area contributed by atoms with Crippen LogP contribution in [0.4, 0.5) is 0 Å². The zero-order valence-corrected chi connectivity index (χ0v) is 11.8. The third-order valence-electron chi connectivity index (χ3n) is 0.500. The number of nitrogens with two attached hydrogens (primary N) is 6.